The maximum atomic E-state index is 13.2. The van der Waals surface area contributed by atoms with Crippen LogP contribution in [0.1, 0.15) is 22.6 Å². The lowest BCUT2D eigenvalue weighted by atomic mass is 9.99. The first-order chi connectivity index (χ1) is 15.0. The van der Waals surface area contributed by atoms with Crippen molar-refractivity contribution in [3.05, 3.63) is 75.1 Å². The normalized spacial score (nSPS) is 20.9. The fraction of sp³-hybridized carbons (Fsp3) is 0.375. The largest absolute Gasteiger partial charge is 1.00 e. The minimum atomic E-state index is -1.75. The van der Waals surface area contributed by atoms with E-state index >= 15 is 0 Å². The molecular formula is C24H28BrNO4S2. The molecular weight excluding hydrogens is 510 g/mol. The van der Waals surface area contributed by atoms with Crippen LogP contribution in [-0.4, -0.2) is 55.0 Å². The molecule has 4 rings (SSSR count). The van der Waals surface area contributed by atoms with Gasteiger partial charge in [-0.3, -0.25) is 0 Å². The number of piperidine rings is 1. The SMILES string of the molecule is C[N+]1(CCOc2ccccc2)CCC[C@@H](OC(=O)C(O)(c2cccs2)c2cccs2)C1.[Br-]. The number of benzene rings is 1. The summed E-state index contributed by atoms with van der Waals surface area (Å²) in [5, 5.41) is 15.2. The number of ether oxygens (including phenoxy) is 2. The first-order valence-electron chi connectivity index (χ1n) is 10.5. The third-order valence-corrected chi connectivity index (χ3v) is 7.79. The fourth-order valence-corrected chi connectivity index (χ4v) is 5.82. The standard InChI is InChI=1S/C24H28NO4S2.BrH/c1-25(14-15-28-19-8-3-2-4-9-19)13-5-10-20(18-25)29-23(26)24(27,21-11-6-16-30-21)22-12-7-17-31-22;/h2-4,6-9,11-12,16-17,20,27H,5,10,13-15,18H2,1H3;1H/q+1;/p-1/t20-,25?;/m1./s1. The lowest BCUT2D eigenvalue weighted by molar-refractivity contribution is -0.917. The lowest BCUT2D eigenvalue weighted by Crippen LogP contribution is -3.00. The summed E-state index contributed by atoms with van der Waals surface area (Å²) in [6.07, 6.45) is 1.55. The summed E-state index contributed by atoms with van der Waals surface area (Å²) >= 11 is 2.73. The van der Waals surface area contributed by atoms with Gasteiger partial charge in [-0.2, -0.15) is 0 Å². The first kappa shape index (κ1) is 24.9. The summed E-state index contributed by atoms with van der Waals surface area (Å²) in [6, 6.07) is 17.1. The van der Waals surface area contributed by atoms with E-state index in [2.05, 4.69) is 7.05 Å². The molecule has 32 heavy (non-hydrogen) atoms. The quantitative estimate of drug-likeness (QED) is 0.347. The molecule has 0 radical (unpaired) electrons. The summed E-state index contributed by atoms with van der Waals surface area (Å²) < 4.78 is 12.6. The van der Waals surface area contributed by atoms with E-state index in [1.165, 1.54) is 22.7 Å². The summed E-state index contributed by atoms with van der Waals surface area (Å²) in [5.41, 5.74) is -1.75. The van der Waals surface area contributed by atoms with Gasteiger partial charge in [0, 0.05) is 6.42 Å². The Hall–Kier alpha value is -1.71. The zero-order chi connectivity index (χ0) is 21.7. The van der Waals surface area contributed by atoms with Crippen LogP contribution < -0.4 is 21.7 Å². The molecule has 1 aliphatic rings. The van der Waals surface area contributed by atoms with E-state index in [1.54, 1.807) is 12.1 Å². The summed E-state index contributed by atoms with van der Waals surface area (Å²) in [6.45, 7) is 3.18. The molecule has 0 saturated carbocycles. The van der Waals surface area contributed by atoms with Crippen LogP contribution in [0.15, 0.2) is 65.4 Å². The molecule has 1 saturated heterocycles. The molecule has 3 aromatic rings. The van der Waals surface area contributed by atoms with E-state index < -0.39 is 11.6 Å². The van der Waals surface area contributed by atoms with Crippen molar-refractivity contribution >= 4 is 28.6 Å². The van der Waals surface area contributed by atoms with Gasteiger partial charge < -0.3 is 36.0 Å². The van der Waals surface area contributed by atoms with Gasteiger partial charge in [0.05, 0.1) is 23.3 Å². The van der Waals surface area contributed by atoms with Crippen LogP contribution >= 0.6 is 22.7 Å². The minimum absolute atomic E-state index is 0. The van der Waals surface area contributed by atoms with E-state index in [0.717, 1.165) is 42.7 Å². The Morgan fingerprint density at radius 1 is 1.09 bits per heavy atom. The molecule has 5 nitrogen and oxygen atoms in total. The van der Waals surface area contributed by atoms with Gasteiger partial charge in [0.25, 0.3) is 0 Å². The molecule has 1 aliphatic heterocycles. The number of quaternary nitrogens is 1. The topological polar surface area (TPSA) is 55.8 Å². The second kappa shape index (κ2) is 10.9. The number of carbonyl (C=O) groups excluding carboxylic acids is 1. The number of hydrogen-bond donors (Lipinski definition) is 1. The molecule has 2 atom stereocenters. The van der Waals surface area contributed by atoms with Crippen molar-refractivity contribution in [1.82, 2.24) is 0 Å². The molecule has 0 amide bonds. The van der Waals surface area contributed by atoms with Crippen LogP contribution in [-0.2, 0) is 15.1 Å². The van der Waals surface area contributed by atoms with Crippen molar-refractivity contribution in [2.45, 2.75) is 24.5 Å². The Kier molecular flexibility index (Phi) is 8.52. The molecule has 1 fully saturated rings. The van der Waals surface area contributed by atoms with E-state index in [-0.39, 0.29) is 23.1 Å². The highest BCUT2D eigenvalue weighted by atomic mass is 79.9. The summed E-state index contributed by atoms with van der Waals surface area (Å²) in [4.78, 5) is 14.4. The molecule has 3 heterocycles. The summed E-state index contributed by atoms with van der Waals surface area (Å²) in [7, 11) is 2.18. The van der Waals surface area contributed by atoms with E-state index in [4.69, 9.17) is 9.47 Å². The number of likely N-dealkylation sites (tertiary alicyclic amines) is 1. The predicted molar refractivity (Wildman–Crippen MR) is 123 cm³/mol. The highest BCUT2D eigenvalue weighted by molar-refractivity contribution is 7.12. The maximum Gasteiger partial charge on any atom is 0.349 e. The minimum Gasteiger partial charge on any atom is -1.00 e. The number of carbonyl (C=O) groups is 1. The molecule has 1 unspecified atom stereocenters. The number of likely N-dealkylation sites (N-methyl/N-ethyl adjacent to an activating group) is 1. The average Bonchev–Trinajstić information content (AvgIpc) is 3.49. The Balaban J connectivity index is 0.00000289. The van der Waals surface area contributed by atoms with Crippen molar-refractivity contribution in [3.63, 3.8) is 0 Å². The van der Waals surface area contributed by atoms with Crippen molar-refractivity contribution in [2.75, 3.05) is 33.3 Å². The van der Waals surface area contributed by atoms with Gasteiger partial charge in [0.15, 0.2) is 6.10 Å². The number of esters is 1. The molecule has 0 bridgehead atoms. The molecule has 0 aliphatic carbocycles. The lowest BCUT2D eigenvalue weighted by Gasteiger charge is -2.41. The highest BCUT2D eigenvalue weighted by Crippen LogP contribution is 2.37. The van der Waals surface area contributed by atoms with Gasteiger partial charge in [-0.05, 0) is 41.4 Å². The zero-order valence-electron chi connectivity index (χ0n) is 18.0. The van der Waals surface area contributed by atoms with Gasteiger partial charge in [-0.1, -0.05) is 30.3 Å². The molecule has 1 N–H and O–H groups in total. The van der Waals surface area contributed by atoms with Gasteiger partial charge in [-0.15, -0.1) is 22.7 Å². The number of aliphatic hydroxyl groups is 1. The number of hydrogen-bond acceptors (Lipinski definition) is 6. The second-order valence-electron chi connectivity index (χ2n) is 8.25. The first-order valence-corrected chi connectivity index (χ1v) is 12.3. The Morgan fingerprint density at radius 3 is 2.34 bits per heavy atom. The van der Waals surface area contributed by atoms with E-state index in [1.807, 2.05) is 53.2 Å². The number of rotatable bonds is 8. The second-order valence-corrected chi connectivity index (χ2v) is 10.1. The number of thiophene rings is 2. The zero-order valence-corrected chi connectivity index (χ0v) is 21.2. The van der Waals surface area contributed by atoms with Crippen LogP contribution in [0.3, 0.4) is 0 Å². The molecule has 1 aromatic carbocycles. The number of para-hydroxylation sites is 1. The molecule has 8 heteroatoms. The van der Waals surface area contributed by atoms with Gasteiger partial charge in [-0.25, -0.2) is 4.79 Å². The molecule has 0 spiro atoms. The van der Waals surface area contributed by atoms with Crippen molar-refractivity contribution in [2.24, 2.45) is 0 Å². The molecule has 172 valence electrons. The highest BCUT2D eigenvalue weighted by Gasteiger charge is 2.46. The van der Waals surface area contributed by atoms with Crippen LogP contribution in [0.2, 0.25) is 0 Å². The Bertz CT molecular complexity index is 931. The average molecular weight is 539 g/mol. The van der Waals surface area contributed by atoms with Gasteiger partial charge in [0.1, 0.15) is 25.4 Å². The maximum absolute atomic E-state index is 13.2. The van der Waals surface area contributed by atoms with Crippen LogP contribution in [0.4, 0.5) is 0 Å². The third-order valence-electron chi connectivity index (χ3n) is 5.84. The van der Waals surface area contributed by atoms with Crippen LogP contribution in [0.5, 0.6) is 5.75 Å². The predicted octanol–water partition coefficient (Wildman–Crippen LogP) is 1.28. The Labute approximate surface area is 207 Å². The van der Waals surface area contributed by atoms with Crippen LogP contribution in [0, 0.1) is 0 Å². The monoisotopic (exact) mass is 537 g/mol. The van der Waals surface area contributed by atoms with Crippen LogP contribution in [0.25, 0.3) is 0 Å². The Morgan fingerprint density at radius 2 is 1.75 bits per heavy atom. The smallest absolute Gasteiger partial charge is 0.349 e. The number of nitrogens with zero attached hydrogens (tertiary/aromatic N) is 1. The van der Waals surface area contributed by atoms with Gasteiger partial charge in [0.2, 0.25) is 5.60 Å². The van der Waals surface area contributed by atoms with Gasteiger partial charge >= 0.3 is 5.97 Å². The van der Waals surface area contributed by atoms with Crippen molar-refractivity contribution < 1.29 is 40.8 Å². The van der Waals surface area contributed by atoms with Crippen molar-refractivity contribution in [3.8, 4) is 5.75 Å². The van der Waals surface area contributed by atoms with E-state index in [9.17, 15) is 9.90 Å². The fourth-order valence-electron chi connectivity index (χ4n) is 4.10. The molecule has 2 aromatic heterocycles. The summed E-state index contributed by atoms with van der Waals surface area (Å²) in [5.74, 6) is 0.280. The van der Waals surface area contributed by atoms with Crippen molar-refractivity contribution in [1.29, 1.82) is 0 Å². The van der Waals surface area contributed by atoms with E-state index in [0.29, 0.717) is 16.4 Å². The number of halogens is 1. The third kappa shape index (κ3) is 5.61.